The van der Waals surface area contributed by atoms with E-state index in [4.69, 9.17) is 4.74 Å². The largest absolute Gasteiger partial charge is 0.426 e. The number of nitrogens with one attached hydrogen (secondary N) is 3. The third-order valence-electron chi connectivity index (χ3n) is 8.25. The quantitative estimate of drug-likeness (QED) is 0.195. The lowest BCUT2D eigenvalue weighted by Gasteiger charge is -2.36. The van der Waals surface area contributed by atoms with Crippen molar-refractivity contribution in [1.29, 1.82) is 0 Å². The maximum absolute atomic E-state index is 13.5. The normalized spacial score (nSPS) is 17.3. The van der Waals surface area contributed by atoms with Gasteiger partial charge >= 0.3 is 6.09 Å². The molecule has 46 heavy (non-hydrogen) atoms. The van der Waals surface area contributed by atoms with Crippen molar-refractivity contribution in [1.82, 2.24) is 35.5 Å². The van der Waals surface area contributed by atoms with Gasteiger partial charge in [-0.1, -0.05) is 34.6 Å². The number of carbonyl (C=O) groups is 4. The number of alkyl carbamates (subject to hydrolysis) is 1. The molecule has 1 fully saturated rings. The van der Waals surface area contributed by atoms with E-state index >= 15 is 0 Å². The molecule has 2 rings (SSSR count). The molecule has 13 nitrogen and oxygen atoms in total. The highest BCUT2D eigenvalue weighted by molar-refractivity contribution is 7.98. The zero-order valence-corrected chi connectivity index (χ0v) is 30.0. The topological polar surface area (TPSA) is 158 Å². The Morgan fingerprint density at radius 2 is 1.63 bits per heavy atom. The molecule has 1 aliphatic rings. The van der Waals surface area contributed by atoms with E-state index in [1.165, 1.54) is 0 Å². The van der Waals surface area contributed by atoms with Gasteiger partial charge in [0.25, 0.3) is 0 Å². The average Bonchev–Trinajstić information content (AvgIpc) is 3.31. The Morgan fingerprint density at radius 3 is 2.17 bits per heavy atom. The van der Waals surface area contributed by atoms with E-state index in [2.05, 4.69) is 25.9 Å². The van der Waals surface area contributed by atoms with E-state index in [0.717, 1.165) is 24.5 Å². The van der Waals surface area contributed by atoms with Crippen molar-refractivity contribution in [3.8, 4) is 0 Å². The third-order valence-corrected chi connectivity index (χ3v) is 8.89. The van der Waals surface area contributed by atoms with Gasteiger partial charge < -0.3 is 35.6 Å². The summed E-state index contributed by atoms with van der Waals surface area (Å²) < 4.78 is 6.89. The van der Waals surface area contributed by atoms with Gasteiger partial charge in [0.05, 0.1) is 17.8 Å². The Balaban J connectivity index is 2.03. The molecule has 1 aromatic rings. The molecule has 0 saturated carbocycles. The summed E-state index contributed by atoms with van der Waals surface area (Å²) in [6, 6.07) is -0.321. The van der Waals surface area contributed by atoms with E-state index in [1.807, 2.05) is 60.9 Å². The molecule has 0 radical (unpaired) electrons. The van der Waals surface area contributed by atoms with Crippen LogP contribution in [0.5, 0.6) is 0 Å². The summed E-state index contributed by atoms with van der Waals surface area (Å²) in [4.78, 5) is 56.6. The zero-order valence-electron chi connectivity index (χ0n) is 29.2. The Kier molecular flexibility index (Phi) is 16.3. The van der Waals surface area contributed by atoms with Crippen molar-refractivity contribution >= 4 is 35.6 Å². The van der Waals surface area contributed by atoms with Gasteiger partial charge in [-0.15, -0.1) is 0 Å². The number of amides is 4. The number of likely N-dealkylation sites (N-methyl/N-ethyl adjacent to an activating group) is 1. The number of aliphatic hydroxyl groups excluding tert-OH is 1. The number of piperazine rings is 1. The number of ether oxygens (including phenoxy) is 1. The van der Waals surface area contributed by atoms with Crippen LogP contribution in [-0.4, -0.2) is 118 Å². The second-order valence-electron chi connectivity index (χ2n) is 13.3. The second kappa shape index (κ2) is 19.1. The first-order valence-corrected chi connectivity index (χ1v) is 17.7. The van der Waals surface area contributed by atoms with Crippen LogP contribution >= 0.6 is 11.8 Å². The van der Waals surface area contributed by atoms with E-state index in [0.29, 0.717) is 31.7 Å². The van der Waals surface area contributed by atoms with Crippen LogP contribution in [0.3, 0.4) is 0 Å². The molecule has 0 aromatic carbocycles. The summed E-state index contributed by atoms with van der Waals surface area (Å²) in [6.45, 7) is 15.9. The van der Waals surface area contributed by atoms with Gasteiger partial charge in [-0.25, -0.2) is 9.48 Å². The van der Waals surface area contributed by atoms with Gasteiger partial charge in [0.2, 0.25) is 17.7 Å². The van der Waals surface area contributed by atoms with E-state index < -0.39 is 42.1 Å². The smallest absolute Gasteiger partial charge is 0.409 e. The van der Waals surface area contributed by atoms with Crippen molar-refractivity contribution in [2.24, 2.45) is 17.8 Å². The molecule has 1 aromatic heterocycles. The molecule has 5 atom stereocenters. The van der Waals surface area contributed by atoms with Crippen LogP contribution in [-0.2, 0) is 25.9 Å². The predicted molar refractivity (Wildman–Crippen MR) is 180 cm³/mol. The Hall–Kier alpha value is -2.84. The number of hydrogen-bond acceptors (Lipinski definition) is 9. The predicted octanol–water partition coefficient (Wildman–Crippen LogP) is 2.14. The summed E-state index contributed by atoms with van der Waals surface area (Å²) in [6.07, 6.45) is 1.06. The second-order valence-corrected chi connectivity index (χ2v) is 14.3. The minimum atomic E-state index is -1.03. The molecule has 0 spiro atoms. The van der Waals surface area contributed by atoms with Crippen LogP contribution in [0.4, 0.5) is 4.79 Å². The molecular formula is C32H57N7O6S. The van der Waals surface area contributed by atoms with Crippen molar-refractivity contribution in [2.75, 3.05) is 45.2 Å². The molecule has 2 heterocycles. The van der Waals surface area contributed by atoms with Gasteiger partial charge in [0.1, 0.15) is 12.1 Å². The lowest BCUT2D eigenvalue weighted by atomic mass is 9.91. The van der Waals surface area contributed by atoms with Gasteiger partial charge in [-0.05, 0) is 70.1 Å². The molecule has 1 saturated heterocycles. The third kappa shape index (κ3) is 12.7. The Morgan fingerprint density at radius 1 is 0.978 bits per heavy atom. The lowest BCUT2D eigenvalue weighted by molar-refractivity contribution is -0.140. The molecule has 1 aliphatic heterocycles. The van der Waals surface area contributed by atoms with Crippen molar-refractivity contribution in [3.63, 3.8) is 0 Å². The molecule has 4 N–H and O–H groups in total. The minimum Gasteiger partial charge on any atom is -0.426 e. The fourth-order valence-electron chi connectivity index (χ4n) is 5.38. The summed E-state index contributed by atoms with van der Waals surface area (Å²) in [5.74, 6) is -0.806. The van der Waals surface area contributed by atoms with Crippen LogP contribution in [0.2, 0.25) is 0 Å². The van der Waals surface area contributed by atoms with Gasteiger partial charge in [0, 0.05) is 37.8 Å². The van der Waals surface area contributed by atoms with Gasteiger partial charge in [0.15, 0.2) is 6.73 Å². The van der Waals surface area contributed by atoms with Crippen LogP contribution in [0.1, 0.15) is 65.3 Å². The molecule has 0 aliphatic carbocycles. The number of nitrogens with zero attached hydrogens (tertiary/aromatic N) is 4. The number of hydrogen-bond donors (Lipinski definition) is 4. The van der Waals surface area contributed by atoms with Crippen LogP contribution in [0, 0.1) is 31.6 Å². The van der Waals surface area contributed by atoms with Gasteiger partial charge in [-0.3, -0.25) is 14.4 Å². The fourth-order valence-corrected chi connectivity index (χ4v) is 5.85. The molecule has 262 valence electrons. The van der Waals surface area contributed by atoms with Crippen molar-refractivity contribution in [3.05, 3.63) is 17.5 Å². The Labute approximate surface area is 278 Å². The number of carbonyl (C=O) groups excluding carboxylic acids is 4. The van der Waals surface area contributed by atoms with E-state index in [1.54, 1.807) is 28.3 Å². The van der Waals surface area contributed by atoms with Crippen molar-refractivity contribution < 1.29 is 29.0 Å². The molecule has 0 bridgehead atoms. The van der Waals surface area contributed by atoms with E-state index in [-0.39, 0.29) is 36.8 Å². The number of thioether (sulfide) groups is 1. The number of aryl methyl sites for hydroxylation is 2. The summed E-state index contributed by atoms with van der Waals surface area (Å²) in [5, 5.41) is 24.1. The maximum atomic E-state index is 13.5. The lowest BCUT2D eigenvalue weighted by Crippen LogP contribution is -2.56. The highest BCUT2D eigenvalue weighted by Crippen LogP contribution is 2.18. The standard InChI is InChI=1S/C32H57N7O6S/c1-20(2)16-26(33-30(42)25(10-15-46-9)34-32(44)45-19-39-24(7)18-23(6)36-39)27(40)17-22(5)29(41)35-28(21(3)4)31(43)38-13-11-37(8)12-14-38/h18,20-22,25-28,40H,10-17,19H2,1-9H3,(H,33,42)(H,34,44)(H,35,41)/t22-,25+,26+,27+,28+/m1/s1. The zero-order chi connectivity index (χ0) is 34.6. The maximum Gasteiger partial charge on any atom is 0.409 e. The number of rotatable bonds is 17. The number of aliphatic hydroxyl groups is 1. The first-order valence-electron chi connectivity index (χ1n) is 16.3. The molecule has 0 unspecified atom stereocenters. The first-order chi connectivity index (χ1) is 21.6. The van der Waals surface area contributed by atoms with Crippen LogP contribution in [0.15, 0.2) is 6.07 Å². The number of aromatic nitrogens is 2. The van der Waals surface area contributed by atoms with Crippen LogP contribution in [0.25, 0.3) is 0 Å². The fraction of sp³-hybridized carbons (Fsp3) is 0.781. The first kappa shape index (κ1) is 39.3. The highest BCUT2D eigenvalue weighted by Gasteiger charge is 2.33. The Bertz CT molecular complexity index is 1140. The SMILES string of the molecule is CSCC[C@H](NC(=O)OCn1nc(C)cc1C)C(=O)N[C@@H](CC(C)C)[C@@H](O)C[C@@H](C)C(=O)N[C@H](C(=O)N1CCN(C)CC1)C(C)C. The summed E-state index contributed by atoms with van der Waals surface area (Å²) in [7, 11) is 2.02. The van der Waals surface area contributed by atoms with E-state index in [9.17, 15) is 24.3 Å². The summed E-state index contributed by atoms with van der Waals surface area (Å²) in [5.41, 5.74) is 1.65. The average molecular weight is 668 g/mol. The minimum absolute atomic E-state index is 0.0876. The summed E-state index contributed by atoms with van der Waals surface area (Å²) >= 11 is 1.55. The van der Waals surface area contributed by atoms with Gasteiger partial charge in [-0.2, -0.15) is 16.9 Å². The molecular weight excluding hydrogens is 610 g/mol. The monoisotopic (exact) mass is 667 g/mol. The molecule has 4 amide bonds. The van der Waals surface area contributed by atoms with Crippen LogP contribution < -0.4 is 16.0 Å². The highest BCUT2D eigenvalue weighted by atomic mass is 32.2. The molecule has 14 heteroatoms. The van der Waals surface area contributed by atoms with Crippen molar-refractivity contribution in [2.45, 2.75) is 98.7 Å².